The third-order valence-electron chi connectivity index (χ3n) is 3.78. The fourth-order valence-electron chi connectivity index (χ4n) is 2.64. The minimum Gasteiger partial charge on any atom is -0.490 e. The number of fused-ring (bicyclic) bond motifs is 1. The molecule has 0 aliphatic carbocycles. The molecule has 1 aliphatic rings. The third-order valence-corrected chi connectivity index (χ3v) is 4.64. The Morgan fingerprint density at radius 3 is 2.72 bits per heavy atom. The fourth-order valence-corrected chi connectivity index (χ4v) is 3.23. The van der Waals surface area contributed by atoms with Gasteiger partial charge in [0, 0.05) is 9.50 Å². The lowest BCUT2D eigenvalue weighted by Crippen LogP contribution is -2.45. The number of carbonyl (C=O) groups is 1. The summed E-state index contributed by atoms with van der Waals surface area (Å²) in [5.74, 6) is -1.64. The molecule has 25 heavy (non-hydrogen) atoms. The highest BCUT2D eigenvalue weighted by atomic mass is 79.9. The maximum atomic E-state index is 12.8. The molecule has 0 saturated carbocycles. The third kappa shape index (κ3) is 3.93. The van der Waals surface area contributed by atoms with Crippen LogP contribution in [0.25, 0.3) is 0 Å². The Balaban J connectivity index is 1.95. The number of hydrogen-bond donors (Lipinski definition) is 0. The van der Waals surface area contributed by atoms with Crippen molar-refractivity contribution in [3.05, 3.63) is 57.0 Å². The van der Waals surface area contributed by atoms with E-state index in [4.69, 9.17) is 16.3 Å². The molecule has 3 rings (SSSR count). The molecule has 2 aromatic rings. The highest BCUT2D eigenvalue weighted by Gasteiger charge is 2.44. The molecule has 0 fully saturated rings. The van der Waals surface area contributed by atoms with E-state index in [-0.39, 0.29) is 24.6 Å². The Morgan fingerprint density at radius 1 is 1.24 bits per heavy atom. The highest BCUT2D eigenvalue weighted by molar-refractivity contribution is 9.10. The van der Waals surface area contributed by atoms with Crippen molar-refractivity contribution in [2.24, 2.45) is 0 Å². The first-order valence-corrected chi connectivity index (χ1v) is 8.51. The van der Waals surface area contributed by atoms with Gasteiger partial charge in [-0.05, 0) is 47.9 Å². The average molecular weight is 435 g/mol. The van der Waals surface area contributed by atoms with E-state index in [0.29, 0.717) is 16.3 Å². The normalized spacial score (nSPS) is 14.0. The number of benzene rings is 2. The van der Waals surface area contributed by atoms with E-state index in [9.17, 15) is 18.0 Å². The van der Waals surface area contributed by atoms with Crippen molar-refractivity contribution in [1.29, 1.82) is 0 Å². The number of halogens is 5. The quantitative estimate of drug-likeness (QED) is 0.667. The molecule has 8 heteroatoms. The zero-order valence-corrected chi connectivity index (χ0v) is 15.1. The molecule has 0 aromatic heterocycles. The van der Waals surface area contributed by atoms with Gasteiger partial charge in [0.25, 0.3) is 0 Å². The summed E-state index contributed by atoms with van der Waals surface area (Å²) in [5, 5.41) is 0.556. The maximum absolute atomic E-state index is 12.8. The van der Waals surface area contributed by atoms with Gasteiger partial charge in [0.1, 0.15) is 12.4 Å². The van der Waals surface area contributed by atoms with E-state index in [1.807, 2.05) is 6.07 Å². The maximum Gasteiger partial charge on any atom is 0.471 e. The van der Waals surface area contributed by atoms with Crippen molar-refractivity contribution < 1.29 is 22.7 Å². The number of amides is 1. The van der Waals surface area contributed by atoms with Crippen LogP contribution in [0, 0.1) is 0 Å². The first-order chi connectivity index (χ1) is 11.8. The number of nitrogens with zero attached hydrogens (tertiary/aromatic N) is 1. The predicted octanol–water partition coefficient (Wildman–Crippen LogP) is 4.98. The van der Waals surface area contributed by atoms with Crippen LogP contribution in [0.5, 0.6) is 5.75 Å². The number of carbonyl (C=O) groups excluding carboxylic acids is 1. The van der Waals surface area contributed by atoms with Gasteiger partial charge in [-0.25, -0.2) is 0 Å². The number of anilines is 1. The van der Waals surface area contributed by atoms with Gasteiger partial charge in [0.05, 0.1) is 12.2 Å². The first-order valence-electron chi connectivity index (χ1n) is 7.34. The zero-order chi connectivity index (χ0) is 18.2. The summed E-state index contributed by atoms with van der Waals surface area (Å²) in [6.45, 7) is -0.127. The minimum absolute atomic E-state index is 0.0195. The standard InChI is InChI=1S/C17H12BrClF3NO2/c18-12-2-3-13(19)11(9-12)7-10-1-4-15-14(8-10)23(5-6-25-15)16(24)17(20,21)22/h1-4,8-9H,5-7H2. The molecule has 0 saturated heterocycles. The smallest absolute Gasteiger partial charge is 0.471 e. The van der Waals surface area contributed by atoms with Crippen LogP contribution in [0.4, 0.5) is 18.9 Å². The lowest BCUT2D eigenvalue weighted by atomic mass is 10.0. The summed E-state index contributed by atoms with van der Waals surface area (Å²) in [7, 11) is 0. The molecule has 132 valence electrons. The van der Waals surface area contributed by atoms with E-state index in [1.54, 1.807) is 24.3 Å². The average Bonchev–Trinajstić information content (AvgIpc) is 2.56. The number of rotatable bonds is 2. The molecule has 0 unspecified atom stereocenters. The van der Waals surface area contributed by atoms with E-state index >= 15 is 0 Å². The molecular formula is C17H12BrClF3NO2. The van der Waals surface area contributed by atoms with Crippen LogP contribution in [0.3, 0.4) is 0 Å². The topological polar surface area (TPSA) is 29.5 Å². The predicted molar refractivity (Wildman–Crippen MR) is 92.3 cm³/mol. The second kappa shape index (κ2) is 6.88. The summed E-state index contributed by atoms with van der Waals surface area (Å²) in [4.78, 5) is 12.4. The van der Waals surface area contributed by atoms with Gasteiger partial charge in [-0.15, -0.1) is 0 Å². The summed E-state index contributed by atoms with van der Waals surface area (Å²) >= 11 is 9.53. The van der Waals surface area contributed by atoms with Gasteiger partial charge in [-0.1, -0.05) is 33.6 Å². The molecular weight excluding hydrogens is 423 g/mol. The molecule has 3 nitrogen and oxygen atoms in total. The minimum atomic E-state index is -4.93. The molecule has 0 spiro atoms. The summed E-state index contributed by atoms with van der Waals surface area (Å²) in [5.41, 5.74) is 1.67. The molecule has 0 radical (unpaired) electrons. The Labute approximate surface area is 155 Å². The van der Waals surface area contributed by atoms with Crippen LogP contribution in [0.1, 0.15) is 11.1 Å². The lowest BCUT2D eigenvalue weighted by Gasteiger charge is -2.30. The van der Waals surface area contributed by atoms with E-state index in [1.165, 1.54) is 6.07 Å². The van der Waals surface area contributed by atoms with Gasteiger partial charge in [0.2, 0.25) is 0 Å². The molecule has 1 amide bonds. The number of alkyl halides is 3. The summed E-state index contributed by atoms with van der Waals surface area (Å²) < 4.78 is 44.7. The summed E-state index contributed by atoms with van der Waals surface area (Å²) in [6.07, 6.45) is -4.52. The zero-order valence-electron chi connectivity index (χ0n) is 12.7. The second-order valence-corrected chi connectivity index (χ2v) is 6.84. The van der Waals surface area contributed by atoms with E-state index in [0.717, 1.165) is 15.6 Å². The van der Waals surface area contributed by atoms with Crippen molar-refractivity contribution in [2.75, 3.05) is 18.1 Å². The molecule has 2 aromatic carbocycles. The van der Waals surface area contributed by atoms with Gasteiger partial charge >= 0.3 is 12.1 Å². The molecule has 0 bridgehead atoms. The van der Waals surface area contributed by atoms with Crippen molar-refractivity contribution in [1.82, 2.24) is 0 Å². The van der Waals surface area contributed by atoms with Crippen molar-refractivity contribution >= 4 is 39.1 Å². The van der Waals surface area contributed by atoms with Crippen LogP contribution >= 0.6 is 27.5 Å². The monoisotopic (exact) mass is 433 g/mol. The molecule has 0 atom stereocenters. The first kappa shape index (κ1) is 18.1. The highest BCUT2D eigenvalue weighted by Crippen LogP contribution is 2.36. The Hall–Kier alpha value is -1.73. The Morgan fingerprint density at radius 2 is 2.00 bits per heavy atom. The SMILES string of the molecule is O=C(N1CCOc2ccc(Cc3cc(Br)ccc3Cl)cc21)C(F)(F)F. The van der Waals surface area contributed by atoms with Gasteiger partial charge in [-0.3, -0.25) is 9.69 Å². The van der Waals surface area contributed by atoms with Crippen LogP contribution in [-0.4, -0.2) is 25.2 Å². The second-order valence-electron chi connectivity index (χ2n) is 5.52. The Bertz CT molecular complexity index is 826. The number of ether oxygens (including phenoxy) is 1. The summed E-state index contributed by atoms with van der Waals surface area (Å²) in [6, 6.07) is 10.2. The van der Waals surface area contributed by atoms with Crippen LogP contribution in [-0.2, 0) is 11.2 Å². The van der Waals surface area contributed by atoms with Crippen molar-refractivity contribution in [2.45, 2.75) is 12.6 Å². The van der Waals surface area contributed by atoms with Gasteiger partial charge in [-0.2, -0.15) is 13.2 Å². The largest absolute Gasteiger partial charge is 0.490 e. The van der Waals surface area contributed by atoms with Crippen molar-refractivity contribution in [3.63, 3.8) is 0 Å². The number of hydrogen-bond acceptors (Lipinski definition) is 2. The van der Waals surface area contributed by atoms with Gasteiger partial charge < -0.3 is 4.74 Å². The molecule has 1 heterocycles. The Kier molecular flexibility index (Phi) is 4.97. The van der Waals surface area contributed by atoms with E-state index in [2.05, 4.69) is 15.9 Å². The van der Waals surface area contributed by atoms with Crippen LogP contribution in [0.15, 0.2) is 40.9 Å². The van der Waals surface area contributed by atoms with Crippen molar-refractivity contribution in [3.8, 4) is 5.75 Å². The van der Waals surface area contributed by atoms with Gasteiger partial charge in [0.15, 0.2) is 0 Å². The molecule has 1 aliphatic heterocycles. The fraction of sp³-hybridized carbons (Fsp3) is 0.235. The molecule has 0 N–H and O–H groups in total. The lowest BCUT2D eigenvalue weighted by molar-refractivity contribution is -0.170. The van der Waals surface area contributed by atoms with Crippen LogP contribution in [0.2, 0.25) is 5.02 Å². The van der Waals surface area contributed by atoms with E-state index < -0.39 is 12.1 Å². The van der Waals surface area contributed by atoms with Crippen LogP contribution < -0.4 is 9.64 Å².